The summed E-state index contributed by atoms with van der Waals surface area (Å²) in [5, 5.41) is 2.83. The van der Waals surface area contributed by atoms with Gasteiger partial charge in [0.25, 0.3) is 5.91 Å². The van der Waals surface area contributed by atoms with Gasteiger partial charge in [0.15, 0.2) is 6.54 Å². The fraction of sp³-hybridized carbons (Fsp3) is 0.435. The van der Waals surface area contributed by atoms with Gasteiger partial charge in [0.1, 0.15) is 56.6 Å². The summed E-state index contributed by atoms with van der Waals surface area (Å²) in [6, 6.07) is 13.6. The smallest absolute Gasteiger partial charge is 0.279 e. The van der Waals surface area contributed by atoms with Crippen LogP contribution < -0.4 is 24.6 Å². The molecule has 7 heteroatoms. The average Bonchev–Trinajstić information content (AvgIpc) is 2.76. The molecular formula is C23H32FN3O3+2. The first-order chi connectivity index (χ1) is 14.6. The molecule has 0 aliphatic carbocycles. The summed E-state index contributed by atoms with van der Waals surface area (Å²) in [6.07, 6.45) is 0.995. The Morgan fingerprint density at radius 3 is 2.07 bits per heavy atom. The molecule has 1 aliphatic heterocycles. The summed E-state index contributed by atoms with van der Waals surface area (Å²) in [6.45, 7) is 8.82. The molecule has 1 amide bonds. The second-order valence-corrected chi connectivity index (χ2v) is 7.65. The number of rotatable bonds is 10. The lowest BCUT2D eigenvalue weighted by atomic mass is 10.3. The number of ether oxygens (including phenoxy) is 2. The predicted octanol–water partition coefficient (Wildman–Crippen LogP) is 0.415. The molecule has 0 bridgehead atoms. The van der Waals surface area contributed by atoms with Gasteiger partial charge in [-0.25, -0.2) is 4.39 Å². The third-order valence-electron chi connectivity index (χ3n) is 5.22. The minimum Gasteiger partial charge on any atom is -0.494 e. The van der Waals surface area contributed by atoms with Gasteiger partial charge in [-0.2, -0.15) is 0 Å². The topological polar surface area (TPSA) is 56.4 Å². The maximum absolute atomic E-state index is 12.9. The Hall–Kier alpha value is -2.64. The van der Waals surface area contributed by atoms with E-state index in [0.29, 0.717) is 18.8 Å². The van der Waals surface area contributed by atoms with Crippen molar-refractivity contribution in [2.75, 3.05) is 57.8 Å². The maximum atomic E-state index is 12.9. The van der Waals surface area contributed by atoms with Crippen LogP contribution in [0.3, 0.4) is 0 Å². The predicted molar refractivity (Wildman–Crippen MR) is 114 cm³/mol. The Morgan fingerprint density at radius 1 is 0.900 bits per heavy atom. The third kappa shape index (κ3) is 7.31. The molecule has 0 aromatic heterocycles. The minimum atomic E-state index is -0.306. The second-order valence-electron chi connectivity index (χ2n) is 7.65. The Bertz CT molecular complexity index is 775. The molecule has 0 saturated carbocycles. The van der Waals surface area contributed by atoms with E-state index in [-0.39, 0.29) is 11.7 Å². The van der Waals surface area contributed by atoms with Crippen molar-refractivity contribution in [1.82, 2.24) is 0 Å². The Balaban J connectivity index is 1.30. The molecule has 1 fully saturated rings. The van der Waals surface area contributed by atoms with Crippen molar-refractivity contribution in [3.8, 4) is 11.5 Å². The molecule has 3 N–H and O–H groups in total. The molecule has 0 atom stereocenters. The summed E-state index contributed by atoms with van der Waals surface area (Å²) >= 11 is 0. The highest BCUT2D eigenvalue weighted by atomic mass is 19.1. The number of carbonyl (C=O) groups is 1. The quantitative estimate of drug-likeness (QED) is 0.525. The zero-order valence-electron chi connectivity index (χ0n) is 17.6. The van der Waals surface area contributed by atoms with Crippen LogP contribution in [0, 0.1) is 5.82 Å². The number of quaternary nitrogens is 2. The van der Waals surface area contributed by atoms with E-state index in [9.17, 15) is 9.18 Å². The molecule has 30 heavy (non-hydrogen) atoms. The van der Waals surface area contributed by atoms with E-state index in [2.05, 4.69) is 12.2 Å². The number of hydrogen-bond donors (Lipinski definition) is 3. The highest BCUT2D eigenvalue weighted by Gasteiger charge is 2.24. The van der Waals surface area contributed by atoms with Gasteiger partial charge < -0.3 is 24.6 Å². The van der Waals surface area contributed by atoms with Gasteiger partial charge in [-0.05, 0) is 55.0 Å². The maximum Gasteiger partial charge on any atom is 0.279 e. The summed E-state index contributed by atoms with van der Waals surface area (Å²) in [7, 11) is 0. The van der Waals surface area contributed by atoms with Crippen LogP contribution in [-0.2, 0) is 4.79 Å². The van der Waals surface area contributed by atoms with Gasteiger partial charge in [-0.15, -0.1) is 0 Å². The molecule has 162 valence electrons. The van der Waals surface area contributed by atoms with Crippen molar-refractivity contribution in [2.24, 2.45) is 0 Å². The van der Waals surface area contributed by atoms with Crippen LogP contribution in [0.25, 0.3) is 0 Å². The number of anilines is 1. The van der Waals surface area contributed by atoms with Crippen LogP contribution in [0.4, 0.5) is 10.1 Å². The van der Waals surface area contributed by atoms with E-state index in [1.165, 1.54) is 21.9 Å². The normalized spacial score (nSPS) is 18.6. The number of benzene rings is 2. The Morgan fingerprint density at radius 2 is 1.47 bits per heavy atom. The monoisotopic (exact) mass is 417 g/mol. The summed E-state index contributed by atoms with van der Waals surface area (Å²) in [5.41, 5.74) is 0.632. The number of amides is 1. The van der Waals surface area contributed by atoms with E-state index in [4.69, 9.17) is 9.47 Å². The van der Waals surface area contributed by atoms with E-state index in [0.717, 1.165) is 57.3 Å². The Kier molecular flexibility index (Phi) is 8.47. The molecule has 1 heterocycles. The van der Waals surface area contributed by atoms with Crippen molar-refractivity contribution in [3.05, 3.63) is 54.3 Å². The highest BCUT2D eigenvalue weighted by Crippen LogP contribution is 2.17. The van der Waals surface area contributed by atoms with Crippen LogP contribution in [0.5, 0.6) is 11.5 Å². The SMILES string of the molecule is CCCOc1ccc(OCC[NH+]2CC[NH+](CC(=O)Nc3ccc(F)cc3)CC2)cc1. The number of halogens is 1. The first-order valence-electron chi connectivity index (χ1n) is 10.7. The van der Waals surface area contributed by atoms with Crippen LogP contribution in [-0.4, -0.2) is 58.4 Å². The van der Waals surface area contributed by atoms with E-state index in [1.807, 2.05) is 24.3 Å². The lowest BCUT2D eigenvalue weighted by Gasteiger charge is -2.29. The van der Waals surface area contributed by atoms with E-state index in [1.54, 1.807) is 12.1 Å². The summed E-state index contributed by atoms with van der Waals surface area (Å²) < 4.78 is 24.4. The molecule has 2 aromatic carbocycles. The van der Waals surface area contributed by atoms with Crippen molar-refractivity contribution < 1.29 is 28.5 Å². The van der Waals surface area contributed by atoms with Gasteiger partial charge in [0, 0.05) is 5.69 Å². The lowest BCUT2D eigenvalue weighted by Crippen LogP contribution is -3.28. The van der Waals surface area contributed by atoms with Crippen molar-refractivity contribution >= 4 is 11.6 Å². The molecule has 2 aromatic rings. The van der Waals surface area contributed by atoms with Crippen molar-refractivity contribution in [3.63, 3.8) is 0 Å². The number of nitrogens with one attached hydrogen (secondary N) is 3. The van der Waals surface area contributed by atoms with Crippen molar-refractivity contribution in [2.45, 2.75) is 13.3 Å². The average molecular weight is 418 g/mol. The van der Waals surface area contributed by atoms with Crippen LogP contribution in [0.15, 0.2) is 48.5 Å². The second kappa shape index (κ2) is 11.5. The molecule has 1 saturated heterocycles. The molecule has 3 rings (SSSR count). The largest absolute Gasteiger partial charge is 0.494 e. The van der Waals surface area contributed by atoms with Gasteiger partial charge in [-0.3, -0.25) is 4.79 Å². The van der Waals surface area contributed by atoms with E-state index < -0.39 is 0 Å². The van der Waals surface area contributed by atoms with Gasteiger partial charge in [0.05, 0.1) is 6.61 Å². The number of carbonyl (C=O) groups excluding carboxylic acids is 1. The molecule has 0 unspecified atom stereocenters. The molecule has 0 radical (unpaired) electrons. The van der Waals surface area contributed by atoms with Crippen LogP contribution in [0.1, 0.15) is 13.3 Å². The van der Waals surface area contributed by atoms with Gasteiger partial charge in [-0.1, -0.05) is 6.92 Å². The van der Waals surface area contributed by atoms with Crippen molar-refractivity contribution in [1.29, 1.82) is 0 Å². The highest BCUT2D eigenvalue weighted by molar-refractivity contribution is 5.91. The summed E-state index contributed by atoms with van der Waals surface area (Å²) in [4.78, 5) is 15.0. The van der Waals surface area contributed by atoms with Crippen LogP contribution >= 0.6 is 0 Å². The molecule has 6 nitrogen and oxygen atoms in total. The molecular weight excluding hydrogens is 385 g/mol. The van der Waals surface area contributed by atoms with Crippen LogP contribution in [0.2, 0.25) is 0 Å². The zero-order valence-corrected chi connectivity index (χ0v) is 17.6. The first-order valence-corrected chi connectivity index (χ1v) is 10.7. The summed E-state index contributed by atoms with van der Waals surface area (Å²) in [5.74, 6) is 1.40. The molecule has 0 spiro atoms. The molecule has 1 aliphatic rings. The lowest BCUT2D eigenvalue weighted by molar-refractivity contribution is -1.01. The fourth-order valence-electron chi connectivity index (χ4n) is 3.51. The number of piperazine rings is 1. The fourth-order valence-corrected chi connectivity index (χ4v) is 3.51. The van der Waals surface area contributed by atoms with Gasteiger partial charge >= 0.3 is 0 Å². The zero-order chi connectivity index (χ0) is 21.2. The minimum absolute atomic E-state index is 0.0326. The standard InChI is InChI=1S/C23H30FN3O3/c1-2-16-29-21-7-9-22(10-8-21)30-17-15-26-11-13-27(14-12-26)18-23(28)25-20-5-3-19(24)4-6-20/h3-10H,2,11-18H2,1H3,(H,25,28)/p+2. The van der Waals surface area contributed by atoms with E-state index >= 15 is 0 Å². The Labute approximate surface area is 177 Å². The van der Waals surface area contributed by atoms with Gasteiger partial charge in [0.2, 0.25) is 0 Å². The third-order valence-corrected chi connectivity index (χ3v) is 5.22. The first kappa shape index (κ1) is 22.1. The number of hydrogen-bond acceptors (Lipinski definition) is 3.